The number of carbonyl (C=O) groups is 2. The second-order valence-corrected chi connectivity index (χ2v) is 10.1. The number of rotatable bonds is 16. The quantitative estimate of drug-likeness (QED) is 0.233. The summed E-state index contributed by atoms with van der Waals surface area (Å²) >= 11 is 0. The third-order valence-corrected chi connectivity index (χ3v) is 7.01. The van der Waals surface area contributed by atoms with Crippen LogP contribution in [0.5, 0.6) is 5.75 Å². The van der Waals surface area contributed by atoms with Crippen LogP contribution in [0.25, 0.3) is 0 Å². The van der Waals surface area contributed by atoms with Crippen LogP contribution in [0, 0.1) is 0 Å². The summed E-state index contributed by atoms with van der Waals surface area (Å²) in [6.45, 7) is 3.47. The van der Waals surface area contributed by atoms with Crippen molar-refractivity contribution in [1.82, 2.24) is 20.2 Å². The monoisotopic (exact) mass is 545 g/mol. The molecule has 1 aromatic carbocycles. The van der Waals surface area contributed by atoms with E-state index in [1.54, 1.807) is 24.5 Å². The number of amides is 1. The van der Waals surface area contributed by atoms with Crippen molar-refractivity contribution in [2.75, 3.05) is 38.1 Å². The number of ether oxygens (including phenoxy) is 1. The maximum atomic E-state index is 12.5. The van der Waals surface area contributed by atoms with Crippen molar-refractivity contribution in [2.45, 2.75) is 51.0 Å². The molecular formula is C31H39N5O4. The van der Waals surface area contributed by atoms with Gasteiger partial charge in [-0.05, 0) is 86.5 Å². The first-order chi connectivity index (χ1) is 19.6. The molecule has 40 heavy (non-hydrogen) atoms. The van der Waals surface area contributed by atoms with E-state index >= 15 is 0 Å². The number of nitrogens with one attached hydrogen (secondary N) is 2. The van der Waals surface area contributed by atoms with Gasteiger partial charge in [0.25, 0.3) is 0 Å². The average Bonchev–Trinajstić information content (AvgIpc) is 2.97. The zero-order valence-corrected chi connectivity index (χ0v) is 22.9. The maximum absolute atomic E-state index is 12.5. The zero-order chi connectivity index (χ0) is 28.0. The van der Waals surface area contributed by atoms with Crippen LogP contribution in [0.15, 0.2) is 67.0 Å². The van der Waals surface area contributed by atoms with E-state index in [2.05, 4.69) is 32.7 Å². The molecule has 0 saturated carbocycles. The number of aliphatic carboxylic acids is 1. The number of carboxylic acid groups (broad SMARTS) is 1. The number of fused-ring (bicyclic) bond motifs is 1. The largest absolute Gasteiger partial charge is 0.492 e. The van der Waals surface area contributed by atoms with Crippen LogP contribution in [-0.2, 0) is 28.9 Å². The molecule has 3 heterocycles. The number of aromatic nitrogens is 2. The number of carbonyl (C=O) groups excluding carboxylic acids is 1. The lowest BCUT2D eigenvalue weighted by atomic mass is 10.1. The number of anilines is 1. The topological polar surface area (TPSA) is 117 Å². The molecule has 1 unspecified atom stereocenters. The first-order valence-corrected chi connectivity index (χ1v) is 14.1. The number of hydrogen-bond donors (Lipinski definition) is 3. The van der Waals surface area contributed by atoms with Crippen LogP contribution >= 0.6 is 0 Å². The van der Waals surface area contributed by atoms with Crippen molar-refractivity contribution >= 4 is 17.7 Å². The fourth-order valence-corrected chi connectivity index (χ4v) is 4.79. The van der Waals surface area contributed by atoms with E-state index in [-0.39, 0.29) is 12.3 Å². The Morgan fingerprint density at radius 3 is 2.65 bits per heavy atom. The SMILES string of the molecule is O=C(Cc1ccncc1)NC(CCN(CCCCc1ccc2c(n1)NCCC2)CCOc1ccccc1)C(=O)O. The van der Waals surface area contributed by atoms with Crippen molar-refractivity contribution in [3.63, 3.8) is 0 Å². The average molecular weight is 546 g/mol. The molecule has 3 aromatic rings. The second-order valence-electron chi connectivity index (χ2n) is 10.1. The standard InChI is InChI=1S/C31H39N5O4/c37-29(23-24-13-17-32-18-14-24)35-28(31(38)39)15-20-36(21-22-40-27-9-2-1-3-10-27)19-5-4-8-26-12-11-25-7-6-16-33-30(25)34-26/h1-3,9-14,17-18,28H,4-8,15-16,19-23H2,(H,33,34)(H,35,37)(H,38,39). The number of aryl methyl sites for hydroxylation is 2. The van der Waals surface area contributed by atoms with Gasteiger partial charge in [-0.1, -0.05) is 24.3 Å². The minimum atomic E-state index is -1.03. The van der Waals surface area contributed by atoms with Gasteiger partial charge in [0.15, 0.2) is 0 Å². The van der Waals surface area contributed by atoms with Crippen LogP contribution in [0.1, 0.15) is 42.5 Å². The third-order valence-electron chi connectivity index (χ3n) is 7.01. The van der Waals surface area contributed by atoms with Crippen molar-refractivity contribution in [3.05, 3.63) is 83.8 Å². The number of pyridine rings is 2. The van der Waals surface area contributed by atoms with Crippen LogP contribution in [0.3, 0.4) is 0 Å². The molecule has 9 heteroatoms. The highest BCUT2D eigenvalue weighted by atomic mass is 16.5. The van der Waals surface area contributed by atoms with E-state index in [0.29, 0.717) is 26.1 Å². The number of benzene rings is 1. The molecule has 0 aliphatic carbocycles. The molecule has 2 aromatic heterocycles. The molecule has 1 aliphatic heterocycles. The Kier molecular flexibility index (Phi) is 11.3. The smallest absolute Gasteiger partial charge is 0.326 e. The zero-order valence-electron chi connectivity index (χ0n) is 22.9. The Morgan fingerprint density at radius 2 is 1.85 bits per heavy atom. The highest BCUT2D eigenvalue weighted by molar-refractivity contribution is 5.84. The molecule has 9 nitrogen and oxygen atoms in total. The van der Waals surface area contributed by atoms with Crippen molar-refractivity contribution in [1.29, 1.82) is 0 Å². The number of nitrogens with zero attached hydrogens (tertiary/aromatic N) is 3. The predicted octanol–water partition coefficient (Wildman–Crippen LogP) is 3.74. The molecule has 0 spiro atoms. The summed E-state index contributed by atoms with van der Waals surface area (Å²) in [7, 11) is 0. The van der Waals surface area contributed by atoms with Gasteiger partial charge in [-0.15, -0.1) is 0 Å². The van der Waals surface area contributed by atoms with E-state index in [0.717, 1.165) is 68.0 Å². The third kappa shape index (κ3) is 9.64. The summed E-state index contributed by atoms with van der Waals surface area (Å²) in [5, 5.41) is 15.9. The molecule has 3 N–H and O–H groups in total. The number of unbranched alkanes of at least 4 members (excludes halogenated alkanes) is 1. The lowest BCUT2D eigenvalue weighted by Crippen LogP contribution is -2.44. The summed E-state index contributed by atoms with van der Waals surface area (Å²) in [6.07, 6.45) is 8.71. The summed E-state index contributed by atoms with van der Waals surface area (Å²) in [5.41, 5.74) is 3.18. The number of hydrogen-bond acceptors (Lipinski definition) is 7. The van der Waals surface area contributed by atoms with E-state index in [4.69, 9.17) is 9.72 Å². The van der Waals surface area contributed by atoms with Crippen molar-refractivity contribution in [2.24, 2.45) is 0 Å². The van der Waals surface area contributed by atoms with Gasteiger partial charge >= 0.3 is 5.97 Å². The van der Waals surface area contributed by atoms with Gasteiger partial charge in [-0.3, -0.25) is 14.7 Å². The summed E-state index contributed by atoms with van der Waals surface area (Å²) in [4.78, 5) is 35.4. The van der Waals surface area contributed by atoms with Gasteiger partial charge in [0, 0.05) is 37.7 Å². The van der Waals surface area contributed by atoms with E-state index in [9.17, 15) is 14.7 Å². The van der Waals surface area contributed by atoms with E-state index in [1.807, 2.05) is 30.3 Å². The van der Waals surface area contributed by atoms with Crippen LogP contribution in [0.2, 0.25) is 0 Å². The number of para-hydroxylation sites is 1. The van der Waals surface area contributed by atoms with Crippen LogP contribution in [0.4, 0.5) is 5.82 Å². The Morgan fingerprint density at radius 1 is 1.02 bits per heavy atom. The Bertz CT molecular complexity index is 1210. The molecule has 0 bridgehead atoms. The van der Waals surface area contributed by atoms with Crippen LogP contribution < -0.4 is 15.4 Å². The van der Waals surface area contributed by atoms with Gasteiger partial charge in [0.05, 0.1) is 6.42 Å². The second kappa shape index (κ2) is 15.6. The molecule has 1 atom stereocenters. The first-order valence-electron chi connectivity index (χ1n) is 14.1. The molecule has 212 valence electrons. The Hall–Kier alpha value is -3.98. The maximum Gasteiger partial charge on any atom is 0.326 e. The van der Waals surface area contributed by atoms with Gasteiger partial charge in [0.1, 0.15) is 24.2 Å². The molecule has 4 rings (SSSR count). The highest BCUT2D eigenvalue weighted by Crippen LogP contribution is 2.20. The van der Waals surface area contributed by atoms with Crippen molar-refractivity contribution in [3.8, 4) is 5.75 Å². The molecule has 1 amide bonds. The molecule has 1 aliphatic rings. The first kappa shape index (κ1) is 29.0. The minimum Gasteiger partial charge on any atom is -0.492 e. The summed E-state index contributed by atoms with van der Waals surface area (Å²) in [6, 6.07) is 16.5. The highest BCUT2D eigenvalue weighted by Gasteiger charge is 2.21. The fraction of sp³-hybridized carbons (Fsp3) is 0.419. The Labute approximate surface area is 236 Å². The Balaban J connectivity index is 1.27. The van der Waals surface area contributed by atoms with Gasteiger partial charge in [-0.2, -0.15) is 0 Å². The summed E-state index contributed by atoms with van der Waals surface area (Å²) in [5.74, 6) is 0.482. The van der Waals surface area contributed by atoms with Gasteiger partial charge in [0.2, 0.25) is 5.91 Å². The van der Waals surface area contributed by atoms with E-state index in [1.165, 1.54) is 5.56 Å². The number of carboxylic acids is 1. The fourth-order valence-electron chi connectivity index (χ4n) is 4.79. The lowest BCUT2D eigenvalue weighted by molar-refractivity contribution is -0.142. The van der Waals surface area contributed by atoms with Gasteiger partial charge in [-0.25, -0.2) is 9.78 Å². The molecule has 0 fully saturated rings. The lowest BCUT2D eigenvalue weighted by Gasteiger charge is -2.24. The molecule has 0 radical (unpaired) electrons. The van der Waals surface area contributed by atoms with Gasteiger partial charge < -0.3 is 20.5 Å². The molecule has 0 saturated heterocycles. The summed E-state index contributed by atoms with van der Waals surface area (Å²) < 4.78 is 5.90. The molecular weight excluding hydrogens is 506 g/mol. The predicted molar refractivity (Wildman–Crippen MR) is 154 cm³/mol. The van der Waals surface area contributed by atoms with Crippen molar-refractivity contribution < 1.29 is 19.4 Å². The minimum absolute atomic E-state index is 0.118. The normalized spacial score (nSPS) is 13.2. The van der Waals surface area contributed by atoms with E-state index < -0.39 is 12.0 Å². The van der Waals surface area contributed by atoms with Crippen LogP contribution in [-0.4, -0.2) is 70.7 Å².